The molecule has 0 unspecified atom stereocenters. The second kappa shape index (κ2) is 13.4. The number of nitrogens with one attached hydrogen (secondary N) is 1. The number of fused-ring (bicyclic) bond motifs is 1. The number of methoxy groups -OCH3 is 1. The van der Waals surface area contributed by atoms with E-state index in [1.165, 1.54) is 13.2 Å². The predicted octanol–water partition coefficient (Wildman–Crippen LogP) is 6.15. The maximum atomic E-state index is 13.3. The zero-order valence-corrected chi connectivity index (χ0v) is 22.2. The molecule has 0 aliphatic rings. The van der Waals surface area contributed by atoms with Crippen molar-refractivity contribution in [2.24, 2.45) is 0 Å². The second-order valence-electron chi connectivity index (χ2n) is 8.55. The summed E-state index contributed by atoms with van der Waals surface area (Å²) in [6, 6.07) is 27.0. The lowest BCUT2D eigenvalue weighted by Crippen LogP contribution is -2.32. The fourth-order valence-corrected chi connectivity index (χ4v) is 4.20. The first-order chi connectivity index (χ1) is 19.0. The molecule has 0 aliphatic heterocycles. The van der Waals surface area contributed by atoms with Gasteiger partial charge in [-0.1, -0.05) is 60.7 Å². The van der Waals surface area contributed by atoms with E-state index >= 15 is 0 Å². The first kappa shape index (κ1) is 27.7. The van der Waals surface area contributed by atoms with Gasteiger partial charge in [0.1, 0.15) is 11.9 Å². The van der Waals surface area contributed by atoms with Crippen LogP contribution in [0, 0.1) is 0 Å². The Morgan fingerprint density at radius 2 is 1.69 bits per heavy atom. The Kier molecular flexibility index (Phi) is 9.53. The highest BCUT2D eigenvalue weighted by molar-refractivity contribution is 7.81. The van der Waals surface area contributed by atoms with E-state index < -0.39 is 24.3 Å². The van der Waals surface area contributed by atoms with Crippen LogP contribution in [0.15, 0.2) is 91.0 Å². The Morgan fingerprint density at radius 3 is 2.44 bits per heavy atom. The van der Waals surface area contributed by atoms with Gasteiger partial charge in [0.2, 0.25) is 0 Å². The number of carbonyl (C=O) groups excluding carboxylic acids is 2. The van der Waals surface area contributed by atoms with Crippen molar-refractivity contribution in [3.63, 3.8) is 0 Å². The lowest BCUT2D eigenvalue weighted by atomic mass is 10.0. The number of esters is 1. The van der Waals surface area contributed by atoms with E-state index in [0.29, 0.717) is 17.0 Å². The van der Waals surface area contributed by atoms with Gasteiger partial charge in [-0.05, 0) is 35.7 Å². The molecule has 39 heavy (non-hydrogen) atoms. The molecule has 0 fully saturated rings. The third-order valence-electron chi connectivity index (χ3n) is 5.95. The number of hydrogen-bond donors (Lipinski definition) is 3. The molecule has 4 rings (SSSR count). The van der Waals surface area contributed by atoms with Crippen molar-refractivity contribution in [3.8, 4) is 17.2 Å². The van der Waals surface area contributed by atoms with E-state index in [4.69, 9.17) is 18.9 Å². The molecule has 0 saturated heterocycles. The number of carbonyl (C=O) groups is 2. The number of hydrogen-bond acceptors (Lipinski definition) is 8. The molecule has 0 bridgehead atoms. The summed E-state index contributed by atoms with van der Waals surface area (Å²) in [5.74, 6) is 0.122. The summed E-state index contributed by atoms with van der Waals surface area (Å²) in [7, 11) is 1.44. The van der Waals surface area contributed by atoms with Crippen LogP contribution in [0.1, 0.15) is 18.1 Å². The van der Waals surface area contributed by atoms with Crippen LogP contribution in [0.4, 0.5) is 10.5 Å². The molecule has 8 nitrogen and oxygen atoms in total. The quantitative estimate of drug-likeness (QED) is 0.153. The van der Waals surface area contributed by atoms with Gasteiger partial charge in [-0.2, -0.15) is 12.6 Å². The van der Waals surface area contributed by atoms with Crippen molar-refractivity contribution in [3.05, 3.63) is 96.6 Å². The fraction of sp³-hybridized carbons (Fsp3) is 0.200. The van der Waals surface area contributed by atoms with Gasteiger partial charge < -0.3 is 24.1 Å². The largest absolute Gasteiger partial charge is 0.504 e. The normalized spacial score (nSPS) is 12.3. The maximum Gasteiger partial charge on any atom is 0.412 e. The van der Waals surface area contributed by atoms with Crippen LogP contribution in [0.5, 0.6) is 17.2 Å². The van der Waals surface area contributed by atoms with E-state index in [1.54, 1.807) is 30.3 Å². The van der Waals surface area contributed by atoms with Gasteiger partial charge in [-0.25, -0.2) is 4.79 Å². The lowest BCUT2D eigenvalue weighted by Gasteiger charge is -2.28. The Bertz CT molecular complexity index is 1410. The average Bonchev–Trinajstić information content (AvgIpc) is 2.96. The van der Waals surface area contributed by atoms with Gasteiger partial charge in [0, 0.05) is 17.4 Å². The minimum absolute atomic E-state index is 0.00380. The van der Waals surface area contributed by atoms with Crippen LogP contribution in [-0.4, -0.2) is 42.7 Å². The molecule has 9 heteroatoms. The summed E-state index contributed by atoms with van der Waals surface area (Å²) >= 11 is 3.94. The topological polar surface area (TPSA) is 103 Å². The average molecular weight is 548 g/mol. The Hall–Kier alpha value is -4.37. The maximum absolute atomic E-state index is 13.3. The van der Waals surface area contributed by atoms with Crippen molar-refractivity contribution >= 4 is 41.2 Å². The lowest BCUT2D eigenvalue weighted by molar-refractivity contribution is -0.141. The standard InChI is InChI=1S/C30H29NO7S/c1-35-26-15-14-21(18-25(26)32)29(27(16-17-36-28(33)19-39)37-22-10-3-2-4-11-22)38-30(34)31-24-13-7-9-20-8-5-6-12-23(20)24/h2-15,18,27,29,32,39H,16-17,19H2,1H3,(H,31,34)/t27-,29-/m1/s1. The molecular formula is C30H29NO7S. The number of benzene rings is 4. The van der Waals surface area contributed by atoms with Crippen molar-refractivity contribution in [1.29, 1.82) is 0 Å². The predicted molar refractivity (Wildman–Crippen MR) is 152 cm³/mol. The molecule has 1 amide bonds. The first-order valence-corrected chi connectivity index (χ1v) is 12.9. The van der Waals surface area contributed by atoms with Crippen molar-refractivity contribution < 1.29 is 33.6 Å². The molecule has 2 N–H and O–H groups in total. The number of aromatic hydroxyl groups is 1. The third kappa shape index (κ3) is 7.36. The van der Waals surface area contributed by atoms with Crippen LogP contribution < -0.4 is 14.8 Å². The number of phenolic OH excluding ortho intramolecular Hbond substituents is 1. The number of ether oxygens (including phenoxy) is 4. The molecule has 0 saturated carbocycles. The van der Waals surface area contributed by atoms with E-state index in [9.17, 15) is 14.7 Å². The zero-order valence-electron chi connectivity index (χ0n) is 21.3. The van der Waals surface area contributed by atoms with Gasteiger partial charge in [0.15, 0.2) is 17.6 Å². The molecular weight excluding hydrogens is 518 g/mol. The number of phenols is 1. The number of amides is 1. The van der Waals surface area contributed by atoms with Crippen molar-refractivity contribution in [2.45, 2.75) is 18.6 Å². The summed E-state index contributed by atoms with van der Waals surface area (Å²) in [4.78, 5) is 25.0. The summed E-state index contributed by atoms with van der Waals surface area (Å²) in [6.45, 7) is 0.00380. The van der Waals surface area contributed by atoms with Crippen LogP contribution in [0.3, 0.4) is 0 Å². The van der Waals surface area contributed by atoms with Crippen molar-refractivity contribution in [1.82, 2.24) is 0 Å². The minimum atomic E-state index is -0.994. The molecule has 0 aromatic heterocycles. The fourth-order valence-electron chi connectivity index (χ4n) is 4.11. The van der Waals surface area contributed by atoms with Crippen LogP contribution >= 0.6 is 12.6 Å². The summed E-state index contributed by atoms with van der Waals surface area (Å²) in [5.41, 5.74) is 1.04. The molecule has 2 atom stereocenters. The highest BCUT2D eigenvalue weighted by Gasteiger charge is 2.30. The zero-order chi connectivity index (χ0) is 27.6. The summed E-state index contributed by atoms with van der Waals surface area (Å²) in [6.07, 6.45) is -2.31. The van der Waals surface area contributed by atoms with Gasteiger partial charge in [0.05, 0.1) is 25.2 Å². The van der Waals surface area contributed by atoms with Crippen LogP contribution in [0.2, 0.25) is 0 Å². The SMILES string of the molecule is COc1ccc([C@@H](OC(=O)Nc2cccc3ccccc23)[C@@H](CCOC(=O)CS)Oc2ccccc2)cc1O. The smallest absolute Gasteiger partial charge is 0.412 e. The molecule has 0 radical (unpaired) electrons. The van der Waals surface area contributed by atoms with Crippen LogP contribution in [0.25, 0.3) is 10.8 Å². The highest BCUT2D eigenvalue weighted by Crippen LogP contribution is 2.34. The third-order valence-corrected chi connectivity index (χ3v) is 6.21. The first-order valence-electron chi connectivity index (χ1n) is 12.3. The van der Waals surface area contributed by atoms with Gasteiger partial charge in [0.25, 0.3) is 0 Å². The highest BCUT2D eigenvalue weighted by atomic mass is 32.1. The molecule has 0 heterocycles. The van der Waals surface area contributed by atoms with Gasteiger partial charge in [-0.3, -0.25) is 10.1 Å². The Morgan fingerprint density at radius 1 is 0.949 bits per heavy atom. The number of para-hydroxylation sites is 1. The number of rotatable bonds is 11. The van der Waals surface area contributed by atoms with E-state index in [0.717, 1.165) is 10.8 Å². The Labute approximate surface area is 231 Å². The van der Waals surface area contributed by atoms with Crippen molar-refractivity contribution in [2.75, 3.05) is 24.8 Å². The Balaban J connectivity index is 1.65. The van der Waals surface area contributed by atoms with Gasteiger partial charge >= 0.3 is 12.1 Å². The summed E-state index contributed by atoms with van der Waals surface area (Å²) in [5, 5.41) is 15.1. The van der Waals surface area contributed by atoms with Gasteiger partial charge in [-0.15, -0.1) is 0 Å². The van der Waals surface area contributed by atoms with E-state index in [2.05, 4.69) is 17.9 Å². The molecule has 0 spiro atoms. The molecule has 202 valence electrons. The monoisotopic (exact) mass is 547 g/mol. The number of thiol groups is 1. The van der Waals surface area contributed by atoms with Crippen LogP contribution in [-0.2, 0) is 14.3 Å². The second-order valence-corrected chi connectivity index (χ2v) is 8.86. The molecule has 4 aromatic carbocycles. The number of anilines is 1. The minimum Gasteiger partial charge on any atom is -0.504 e. The summed E-state index contributed by atoms with van der Waals surface area (Å²) < 4.78 is 22.6. The van der Waals surface area contributed by atoms with E-state index in [1.807, 2.05) is 54.6 Å². The molecule has 0 aliphatic carbocycles. The molecule has 4 aromatic rings. The van der Waals surface area contributed by atoms with E-state index in [-0.39, 0.29) is 30.3 Å².